The van der Waals surface area contributed by atoms with E-state index >= 15 is 0 Å². The van der Waals surface area contributed by atoms with Gasteiger partial charge in [0.1, 0.15) is 6.10 Å². The molecule has 3 aliphatic rings. The molecule has 2 fully saturated rings. The Morgan fingerprint density at radius 3 is 2.85 bits per heavy atom. The number of hydrogen-bond donors (Lipinski definition) is 1. The molecule has 26 heavy (non-hydrogen) atoms. The Balaban J connectivity index is 1.89. The van der Waals surface area contributed by atoms with Gasteiger partial charge in [0, 0.05) is 23.9 Å². The van der Waals surface area contributed by atoms with E-state index in [9.17, 15) is 4.79 Å². The zero-order valence-corrected chi connectivity index (χ0v) is 16.5. The summed E-state index contributed by atoms with van der Waals surface area (Å²) in [4.78, 5) is 14.3. The predicted octanol–water partition coefficient (Wildman–Crippen LogP) is 2.64. The van der Waals surface area contributed by atoms with E-state index in [4.69, 9.17) is 9.47 Å². The molecule has 1 aromatic rings. The van der Waals surface area contributed by atoms with Gasteiger partial charge < -0.3 is 19.7 Å². The van der Waals surface area contributed by atoms with Crippen molar-refractivity contribution in [1.82, 2.24) is 10.2 Å². The molecule has 2 aliphatic heterocycles. The van der Waals surface area contributed by atoms with Crippen molar-refractivity contribution in [2.45, 2.75) is 63.6 Å². The highest BCUT2D eigenvalue weighted by atomic mass is 16.5. The average Bonchev–Trinajstić information content (AvgIpc) is 2.95. The van der Waals surface area contributed by atoms with Crippen LogP contribution in [0.2, 0.25) is 0 Å². The van der Waals surface area contributed by atoms with Crippen LogP contribution in [0.1, 0.15) is 44.2 Å². The Morgan fingerprint density at radius 2 is 2.15 bits per heavy atom. The number of likely N-dealkylation sites (tertiary alicyclic amines) is 1. The molecular formula is C21H30N2O3. The molecule has 1 saturated heterocycles. The van der Waals surface area contributed by atoms with Crippen LogP contribution in [0.5, 0.6) is 11.5 Å². The molecule has 1 aliphatic carbocycles. The SMILES string of the molecule is COc1ccc(C)c2c1O[C@H]1C(NC(C)=O)CCC3C(C)N(C)CC[C@@]231. The summed E-state index contributed by atoms with van der Waals surface area (Å²) in [5.41, 5.74) is 2.54. The van der Waals surface area contributed by atoms with Gasteiger partial charge in [-0.2, -0.15) is 0 Å². The third kappa shape index (κ3) is 2.29. The monoisotopic (exact) mass is 358 g/mol. The van der Waals surface area contributed by atoms with E-state index in [0.29, 0.717) is 12.0 Å². The number of piperidine rings is 1. The van der Waals surface area contributed by atoms with Crippen LogP contribution in [0.15, 0.2) is 12.1 Å². The Kier molecular flexibility index (Phi) is 4.18. The van der Waals surface area contributed by atoms with Gasteiger partial charge in [-0.25, -0.2) is 0 Å². The fourth-order valence-electron chi connectivity index (χ4n) is 5.90. The van der Waals surface area contributed by atoms with Crippen molar-refractivity contribution in [3.8, 4) is 11.5 Å². The van der Waals surface area contributed by atoms with Crippen LogP contribution >= 0.6 is 0 Å². The van der Waals surface area contributed by atoms with Crippen molar-refractivity contribution < 1.29 is 14.3 Å². The molecule has 5 heteroatoms. The molecule has 1 N–H and O–H groups in total. The van der Waals surface area contributed by atoms with E-state index < -0.39 is 0 Å². The second-order valence-electron chi connectivity index (χ2n) is 8.33. The van der Waals surface area contributed by atoms with Crippen LogP contribution in [0.25, 0.3) is 0 Å². The number of amides is 1. The fraction of sp³-hybridized carbons (Fsp3) is 0.667. The standard InChI is InChI=1S/C21H30N2O3/c1-12-6-9-17(25-5)19-18(12)21-10-11-23(4)13(2)15(21)7-8-16(20(21)26-19)22-14(3)24/h6,9,13,15-16,20H,7-8,10-11H2,1-5H3,(H,22,24)/t13?,15?,16?,20-,21-/m0/s1. The third-order valence-corrected chi connectivity index (χ3v) is 7.13. The number of nitrogens with one attached hydrogen (secondary N) is 1. The molecule has 2 heterocycles. The summed E-state index contributed by atoms with van der Waals surface area (Å²) in [5.74, 6) is 2.24. The van der Waals surface area contributed by atoms with Gasteiger partial charge in [-0.3, -0.25) is 4.79 Å². The van der Waals surface area contributed by atoms with E-state index in [1.165, 1.54) is 11.1 Å². The highest BCUT2D eigenvalue weighted by molar-refractivity contribution is 5.73. The number of hydrogen-bond acceptors (Lipinski definition) is 4. The molecule has 142 valence electrons. The molecule has 5 nitrogen and oxygen atoms in total. The number of carbonyl (C=O) groups is 1. The number of fused-ring (bicyclic) bond motifs is 1. The summed E-state index contributed by atoms with van der Waals surface area (Å²) in [6.45, 7) is 7.17. The molecule has 5 atom stereocenters. The molecule has 0 bridgehead atoms. The molecule has 1 amide bonds. The van der Waals surface area contributed by atoms with Crippen molar-refractivity contribution >= 4 is 5.91 Å². The highest BCUT2D eigenvalue weighted by Gasteiger charge is 2.62. The minimum Gasteiger partial charge on any atom is -0.493 e. The van der Waals surface area contributed by atoms with Crippen LogP contribution < -0.4 is 14.8 Å². The first kappa shape index (κ1) is 17.7. The number of ether oxygens (including phenoxy) is 2. The minimum absolute atomic E-state index is 0.0211. The maximum atomic E-state index is 11.8. The minimum atomic E-state index is -0.0503. The molecule has 0 aromatic heterocycles. The zero-order chi connectivity index (χ0) is 18.6. The topological polar surface area (TPSA) is 50.8 Å². The van der Waals surface area contributed by atoms with Gasteiger partial charge in [-0.05, 0) is 64.3 Å². The van der Waals surface area contributed by atoms with E-state index in [1.807, 2.05) is 6.07 Å². The first-order chi connectivity index (χ1) is 12.4. The van der Waals surface area contributed by atoms with Crippen molar-refractivity contribution in [3.63, 3.8) is 0 Å². The number of carbonyl (C=O) groups excluding carboxylic acids is 1. The lowest BCUT2D eigenvalue weighted by atomic mass is 9.54. The summed E-state index contributed by atoms with van der Waals surface area (Å²) in [7, 11) is 3.93. The summed E-state index contributed by atoms with van der Waals surface area (Å²) >= 11 is 0. The average molecular weight is 358 g/mol. The molecule has 1 spiro atoms. The van der Waals surface area contributed by atoms with E-state index in [0.717, 1.165) is 37.3 Å². The highest BCUT2D eigenvalue weighted by Crippen LogP contribution is 2.60. The van der Waals surface area contributed by atoms with Gasteiger partial charge in [0.2, 0.25) is 5.91 Å². The zero-order valence-electron chi connectivity index (χ0n) is 16.5. The smallest absolute Gasteiger partial charge is 0.217 e. The normalized spacial score (nSPS) is 35.7. The number of nitrogens with zero attached hydrogens (tertiary/aromatic N) is 1. The van der Waals surface area contributed by atoms with Crippen molar-refractivity contribution in [1.29, 1.82) is 0 Å². The van der Waals surface area contributed by atoms with E-state index in [1.54, 1.807) is 14.0 Å². The van der Waals surface area contributed by atoms with Gasteiger partial charge in [0.15, 0.2) is 11.5 Å². The second-order valence-corrected chi connectivity index (χ2v) is 8.33. The first-order valence-corrected chi connectivity index (χ1v) is 9.72. The molecular weight excluding hydrogens is 328 g/mol. The summed E-state index contributed by atoms with van der Waals surface area (Å²) < 4.78 is 12.2. The molecule has 0 radical (unpaired) electrons. The van der Waals surface area contributed by atoms with Gasteiger partial charge in [0.25, 0.3) is 0 Å². The van der Waals surface area contributed by atoms with E-state index in [2.05, 4.69) is 37.2 Å². The summed E-state index contributed by atoms with van der Waals surface area (Å²) in [6, 6.07) is 4.70. The fourth-order valence-corrected chi connectivity index (χ4v) is 5.90. The summed E-state index contributed by atoms with van der Waals surface area (Å²) in [5, 5.41) is 3.18. The largest absolute Gasteiger partial charge is 0.493 e. The molecule has 4 rings (SSSR count). The van der Waals surface area contributed by atoms with Crippen molar-refractivity contribution in [3.05, 3.63) is 23.3 Å². The molecule has 1 aromatic carbocycles. The summed E-state index contributed by atoms with van der Waals surface area (Å²) in [6.07, 6.45) is 3.10. The third-order valence-electron chi connectivity index (χ3n) is 7.13. The lowest BCUT2D eigenvalue weighted by Gasteiger charge is -2.56. The maximum absolute atomic E-state index is 11.8. The second kappa shape index (κ2) is 6.15. The maximum Gasteiger partial charge on any atom is 0.217 e. The molecule has 1 saturated carbocycles. The van der Waals surface area contributed by atoms with Gasteiger partial charge in [0.05, 0.1) is 13.2 Å². The van der Waals surface area contributed by atoms with Crippen molar-refractivity contribution in [2.75, 3.05) is 20.7 Å². The number of rotatable bonds is 2. The van der Waals surface area contributed by atoms with Crippen LogP contribution in [-0.2, 0) is 10.2 Å². The van der Waals surface area contributed by atoms with Gasteiger partial charge >= 0.3 is 0 Å². The Bertz CT molecular complexity index is 734. The van der Waals surface area contributed by atoms with Crippen LogP contribution in [0.3, 0.4) is 0 Å². The lowest BCUT2D eigenvalue weighted by Crippen LogP contribution is -2.65. The number of methoxy groups -OCH3 is 1. The quantitative estimate of drug-likeness (QED) is 0.883. The number of aryl methyl sites for hydroxylation is 1. The van der Waals surface area contributed by atoms with Crippen LogP contribution in [0, 0.1) is 12.8 Å². The van der Waals surface area contributed by atoms with Gasteiger partial charge in [-0.15, -0.1) is 0 Å². The number of benzene rings is 1. The van der Waals surface area contributed by atoms with Crippen LogP contribution in [0.4, 0.5) is 0 Å². The Hall–Kier alpha value is -1.75. The Labute approximate surface area is 156 Å². The Morgan fingerprint density at radius 1 is 1.38 bits per heavy atom. The van der Waals surface area contributed by atoms with Gasteiger partial charge in [-0.1, -0.05) is 6.07 Å². The van der Waals surface area contributed by atoms with Crippen LogP contribution in [-0.4, -0.2) is 49.7 Å². The predicted molar refractivity (Wildman–Crippen MR) is 101 cm³/mol. The van der Waals surface area contributed by atoms with Crippen molar-refractivity contribution in [2.24, 2.45) is 5.92 Å². The van der Waals surface area contributed by atoms with E-state index in [-0.39, 0.29) is 23.5 Å². The first-order valence-electron chi connectivity index (χ1n) is 9.72. The molecule has 3 unspecified atom stereocenters. The lowest BCUT2D eigenvalue weighted by molar-refractivity contribution is -0.122.